The van der Waals surface area contributed by atoms with Crippen molar-refractivity contribution >= 4 is 5.91 Å². The lowest BCUT2D eigenvalue weighted by molar-refractivity contribution is -0.137. The zero-order valence-corrected chi connectivity index (χ0v) is 9.28. The summed E-state index contributed by atoms with van der Waals surface area (Å²) in [5.41, 5.74) is 0. The molecule has 0 rings (SSSR count). The molecule has 0 aliphatic heterocycles. The number of nitrogens with zero attached hydrogens (tertiary/aromatic N) is 2. The number of ether oxygens (including phenoxy) is 1. The van der Waals surface area contributed by atoms with Crippen LogP contribution in [0.2, 0.25) is 0 Å². The van der Waals surface area contributed by atoms with Gasteiger partial charge in [0, 0.05) is 13.1 Å². The van der Waals surface area contributed by atoms with E-state index in [-0.39, 0.29) is 24.7 Å². The molecule has 1 unspecified atom stereocenters. The molecule has 0 heterocycles. The van der Waals surface area contributed by atoms with Gasteiger partial charge in [0.15, 0.2) is 0 Å². The monoisotopic (exact) mass is 198 g/mol. The molecular weight excluding hydrogens is 180 g/mol. The number of amides is 1. The topological polar surface area (TPSA) is 53.3 Å². The van der Waals surface area contributed by atoms with Crippen LogP contribution >= 0.6 is 0 Å². The highest BCUT2D eigenvalue weighted by Gasteiger charge is 2.15. The van der Waals surface area contributed by atoms with E-state index in [9.17, 15) is 4.79 Å². The van der Waals surface area contributed by atoms with Gasteiger partial charge in [0.05, 0.1) is 18.6 Å². The van der Waals surface area contributed by atoms with Gasteiger partial charge in [0.25, 0.3) is 0 Å². The number of likely N-dealkylation sites (N-methyl/N-ethyl adjacent to an activating group) is 1. The van der Waals surface area contributed by atoms with Crippen LogP contribution in [-0.2, 0) is 9.53 Å². The maximum Gasteiger partial charge on any atom is 0.248 e. The van der Waals surface area contributed by atoms with Crippen LogP contribution in [0.15, 0.2) is 0 Å². The highest BCUT2D eigenvalue weighted by molar-refractivity contribution is 5.77. The van der Waals surface area contributed by atoms with Gasteiger partial charge in [-0.3, -0.25) is 4.79 Å². The third-order valence-electron chi connectivity index (χ3n) is 1.98. The van der Waals surface area contributed by atoms with Gasteiger partial charge in [-0.25, -0.2) is 0 Å². The molecule has 0 spiro atoms. The Morgan fingerprint density at radius 2 is 2.07 bits per heavy atom. The predicted octanol–water partition coefficient (Wildman–Crippen LogP) is 1.17. The molecule has 0 aromatic carbocycles. The molecule has 4 nitrogen and oxygen atoms in total. The Kier molecular flexibility index (Phi) is 5.89. The maximum atomic E-state index is 11.5. The zero-order chi connectivity index (χ0) is 11.1. The first-order chi connectivity index (χ1) is 6.49. The summed E-state index contributed by atoms with van der Waals surface area (Å²) in [5.74, 6) is -0.0820. The van der Waals surface area contributed by atoms with E-state index in [0.717, 1.165) is 0 Å². The molecule has 0 aliphatic carbocycles. The standard InChI is InChI=1S/C10H18N2O2/c1-8(2)14-7-10(13)12(4)9(3)5-6-11/h8-9H,5,7H2,1-4H3. The second-order valence-corrected chi connectivity index (χ2v) is 3.58. The largest absolute Gasteiger partial charge is 0.369 e. The van der Waals surface area contributed by atoms with Crippen LogP contribution in [0.4, 0.5) is 0 Å². The maximum absolute atomic E-state index is 11.5. The van der Waals surface area contributed by atoms with Crippen molar-refractivity contribution in [2.75, 3.05) is 13.7 Å². The van der Waals surface area contributed by atoms with Crippen molar-refractivity contribution < 1.29 is 9.53 Å². The molecule has 0 aromatic heterocycles. The van der Waals surface area contributed by atoms with E-state index in [0.29, 0.717) is 6.42 Å². The molecular formula is C10H18N2O2. The van der Waals surface area contributed by atoms with Gasteiger partial charge >= 0.3 is 0 Å². The van der Waals surface area contributed by atoms with Gasteiger partial charge in [0.1, 0.15) is 6.61 Å². The van der Waals surface area contributed by atoms with Crippen molar-refractivity contribution in [3.63, 3.8) is 0 Å². The molecule has 0 bridgehead atoms. The fourth-order valence-electron chi connectivity index (χ4n) is 0.855. The fraction of sp³-hybridized carbons (Fsp3) is 0.800. The van der Waals surface area contributed by atoms with Crippen molar-refractivity contribution in [2.24, 2.45) is 0 Å². The van der Waals surface area contributed by atoms with Gasteiger partial charge in [-0.1, -0.05) is 0 Å². The molecule has 0 fully saturated rings. The van der Waals surface area contributed by atoms with Gasteiger partial charge in [0.2, 0.25) is 5.91 Å². The molecule has 0 aliphatic rings. The molecule has 0 saturated carbocycles. The first-order valence-corrected chi connectivity index (χ1v) is 4.73. The average molecular weight is 198 g/mol. The van der Waals surface area contributed by atoms with Crippen LogP contribution in [0.25, 0.3) is 0 Å². The van der Waals surface area contributed by atoms with Crippen LogP contribution in [-0.4, -0.2) is 36.6 Å². The lowest BCUT2D eigenvalue weighted by Crippen LogP contribution is -2.37. The van der Waals surface area contributed by atoms with E-state index in [1.165, 1.54) is 0 Å². The fourth-order valence-corrected chi connectivity index (χ4v) is 0.855. The summed E-state index contributed by atoms with van der Waals surface area (Å²) in [6.07, 6.45) is 0.405. The van der Waals surface area contributed by atoms with Crippen molar-refractivity contribution in [1.29, 1.82) is 5.26 Å². The second kappa shape index (κ2) is 6.39. The number of carbonyl (C=O) groups excluding carboxylic acids is 1. The van der Waals surface area contributed by atoms with Gasteiger partial charge in [-0.15, -0.1) is 0 Å². The minimum Gasteiger partial charge on any atom is -0.369 e. The minimum absolute atomic E-state index is 0.0525. The first-order valence-electron chi connectivity index (χ1n) is 4.73. The van der Waals surface area contributed by atoms with E-state index in [1.54, 1.807) is 11.9 Å². The van der Waals surface area contributed by atoms with Crippen LogP contribution in [0.5, 0.6) is 0 Å². The Bertz CT molecular complexity index is 221. The van der Waals surface area contributed by atoms with Crippen molar-refractivity contribution in [2.45, 2.75) is 39.3 Å². The second-order valence-electron chi connectivity index (χ2n) is 3.58. The van der Waals surface area contributed by atoms with Crippen LogP contribution in [0, 0.1) is 11.3 Å². The highest BCUT2D eigenvalue weighted by Crippen LogP contribution is 2.01. The smallest absolute Gasteiger partial charge is 0.248 e. The highest BCUT2D eigenvalue weighted by atomic mass is 16.5. The number of hydrogen-bond acceptors (Lipinski definition) is 3. The number of nitriles is 1. The molecule has 1 atom stereocenters. The van der Waals surface area contributed by atoms with Crippen molar-refractivity contribution in [3.05, 3.63) is 0 Å². The molecule has 0 saturated heterocycles. The predicted molar refractivity (Wildman–Crippen MR) is 53.6 cm³/mol. The minimum atomic E-state index is -0.0820. The van der Waals surface area contributed by atoms with Crippen LogP contribution in [0.1, 0.15) is 27.2 Å². The summed E-state index contributed by atoms with van der Waals surface area (Å²) in [6.45, 7) is 5.69. The van der Waals surface area contributed by atoms with Crippen LogP contribution < -0.4 is 0 Å². The Morgan fingerprint density at radius 3 is 2.50 bits per heavy atom. The zero-order valence-electron chi connectivity index (χ0n) is 9.28. The Morgan fingerprint density at radius 1 is 1.50 bits per heavy atom. The SMILES string of the molecule is CC(C)OCC(=O)N(C)C(C)CC#N. The van der Waals surface area contributed by atoms with E-state index in [4.69, 9.17) is 10.00 Å². The first kappa shape index (κ1) is 12.9. The van der Waals surface area contributed by atoms with Crippen LogP contribution in [0.3, 0.4) is 0 Å². The average Bonchev–Trinajstić information content (AvgIpc) is 2.13. The lowest BCUT2D eigenvalue weighted by Gasteiger charge is -2.23. The summed E-state index contributed by atoms with van der Waals surface area (Å²) in [6, 6.07) is 1.98. The number of hydrogen-bond donors (Lipinski definition) is 0. The summed E-state index contributed by atoms with van der Waals surface area (Å²) in [7, 11) is 1.69. The molecule has 0 N–H and O–H groups in total. The van der Waals surface area contributed by atoms with Gasteiger partial charge < -0.3 is 9.64 Å². The molecule has 14 heavy (non-hydrogen) atoms. The van der Waals surface area contributed by atoms with E-state index >= 15 is 0 Å². The molecule has 80 valence electrons. The normalized spacial score (nSPS) is 12.3. The number of carbonyl (C=O) groups is 1. The van der Waals surface area contributed by atoms with Gasteiger partial charge in [-0.2, -0.15) is 5.26 Å². The van der Waals surface area contributed by atoms with Crippen molar-refractivity contribution in [3.8, 4) is 6.07 Å². The summed E-state index contributed by atoms with van der Waals surface area (Å²) in [5, 5.41) is 8.47. The quantitative estimate of drug-likeness (QED) is 0.666. The summed E-state index contributed by atoms with van der Waals surface area (Å²) in [4.78, 5) is 13.0. The Hall–Kier alpha value is -1.08. The Labute approximate surface area is 85.5 Å². The van der Waals surface area contributed by atoms with E-state index < -0.39 is 0 Å². The molecule has 1 amide bonds. The van der Waals surface area contributed by atoms with Crippen molar-refractivity contribution in [1.82, 2.24) is 4.90 Å². The molecule has 0 aromatic rings. The summed E-state index contributed by atoms with van der Waals surface area (Å²) >= 11 is 0. The Balaban J connectivity index is 3.93. The third-order valence-corrected chi connectivity index (χ3v) is 1.98. The molecule has 4 heteroatoms. The van der Waals surface area contributed by atoms with E-state index in [2.05, 4.69) is 0 Å². The summed E-state index contributed by atoms with van der Waals surface area (Å²) < 4.78 is 5.18. The lowest BCUT2D eigenvalue weighted by atomic mass is 10.2. The van der Waals surface area contributed by atoms with Gasteiger partial charge in [-0.05, 0) is 20.8 Å². The number of rotatable bonds is 5. The molecule has 0 radical (unpaired) electrons. The van der Waals surface area contributed by atoms with E-state index in [1.807, 2.05) is 26.8 Å². The third kappa shape index (κ3) is 4.83.